The maximum Gasteiger partial charge on any atom is 0.347 e. The molecule has 0 amide bonds. The summed E-state index contributed by atoms with van der Waals surface area (Å²) in [6.07, 6.45) is 0. The summed E-state index contributed by atoms with van der Waals surface area (Å²) in [7, 11) is 1.49. The van der Waals surface area contributed by atoms with E-state index in [4.69, 9.17) is 14.2 Å². The quantitative estimate of drug-likeness (QED) is 0.307. The number of carbonyl (C=O) groups excluding carboxylic acids is 1. The monoisotopic (exact) mass is 470 g/mol. The van der Waals surface area contributed by atoms with E-state index in [1.807, 2.05) is 18.2 Å². The average Bonchev–Trinajstić information content (AvgIpc) is 2.87. The summed E-state index contributed by atoms with van der Waals surface area (Å²) in [6, 6.07) is 25.9. The fourth-order valence-electron chi connectivity index (χ4n) is 3.57. The summed E-state index contributed by atoms with van der Waals surface area (Å²) in [5.41, 5.74) is 0.183. The minimum Gasteiger partial charge on any atom is -0.497 e. The van der Waals surface area contributed by atoms with Crippen molar-refractivity contribution >= 4 is 22.5 Å². The van der Waals surface area contributed by atoms with Crippen LogP contribution in [0.4, 0.5) is 0 Å². The second kappa shape index (κ2) is 9.89. The molecule has 0 radical (unpaired) electrons. The van der Waals surface area contributed by atoms with Crippen LogP contribution in [0.3, 0.4) is 0 Å². The first-order chi connectivity index (χ1) is 16.8. The number of methoxy groups -OCH3 is 1. The lowest BCUT2D eigenvalue weighted by Gasteiger charge is -2.23. The fraction of sp³-hybridized carbons (Fsp3) is 0.172. The maximum absolute atomic E-state index is 13.2. The van der Waals surface area contributed by atoms with Crippen LogP contribution >= 0.6 is 0 Å². The minimum atomic E-state index is -1.53. The Morgan fingerprint density at radius 2 is 1.51 bits per heavy atom. The van der Waals surface area contributed by atoms with Gasteiger partial charge in [0.25, 0.3) is 0 Å². The molecule has 35 heavy (non-hydrogen) atoms. The van der Waals surface area contributed by atoms with E-state index >= 15 is 0 Å². The van der Waals surface area contributed by atoms with Crippen LogP contribution in [0.25, 0.3) is 10.8 Å². The fourth-order valence-corrected chi connectivity index (χ4v) is 3.57. The normalized spacial score (nSPS) is 11.2. The molecule has 0 aliphatic heterocycles. The third kappa shape index (κ3) is 5.44. The van der Waals surface area contributed by atoms with E-state index in [-0.39, 0.29) is 17.1 Å². The van der Waals surface area contributed by atoms with Crippen LogP contribution in [0.2, 0.25) is 0 Å². The first-order valence-corrected chi connectivity index (χ1v) is 11.1. The number of aliphatic carboxylic acids is 1. The third-order valence-corrected chi connectivity index (χ3v) is 5.65. The number of hydrogen-bond donors (Lipinski definition) is 1. The third-order valence-electron chi connectivity index (χ3n) is 5.65. The molecule has 6 heteroatoms. The van der Waals surface area contributed by atoms with Crippen molar-refractivity contribution in [3.8, 4) is 17.2 Å². The summed E-state index contributed by atoms with van der Waals surface area (Å²) >= 11 is 0. The lowest BCUT2D eigenvalue weighted by molar-refractivity contribution is -0.152. The zero-order valence-corrected chi connectivity index (χ0v) is 19.8. The highest BCUT2D eigenvalue weighted by Crippen LogP contribution is 2.30. The van der Waals surface area contributed by atoms with E-state index < -0.39 is 11.6 Å². The van der Waals surface area contributed by atoms with Crippen molar-refractivity contribution < 1.29 is 28.9 Å². The first kappa shape index (κ1) is 23.8. The van der Waals surface area contributed by atoms with Gasteiger partial charge < -0.3 is 19.3 Å². The van der Waals surface area contributed by atoms with Gasteiger partial charge in [0.05, 0.1) is 12.7 Å². The van der Waals surface area contributed by atoms with Crippen molar-refractivity contribution in [2.75, 3.05) is 7.11 Å². The maximum atomic E-state index is 13.2. The van der Waals surface area contributed by atoms with Gasteiger partial charge in [0.1, 0.15) is 23.9 Å². The molecule has 0 atom stereocenters. The van der Waals surface area contributed by atoms with E-state index in [2.05, 4.69) is 24.3 Å². The summed E-state index contributed by atoms with van der Waals surface area (Å²) in [5, 5.41) is 11.8. The van der Waals surface area contributed by atoms with Crippen LogP contribution in [0.15, 0.2) is 84.9 Å². The Morgan fingerprint density at radius 3 is 2.20 bits per heavy atom. The molecule has 0 aliphatic rings. The minimum absolute atomic E-state index is 0.137. The SMILES string of the molecule is COc1ccc(C(=O)c2ccc(OCc3ccc4ccccc4c3)cc2)c(OC(C)(C)C(=O)O)c1. The van der Waals surface area contributed by atoms with Crippen molar-refractivity contribution in [2.45, 2.75) is 26.1 Å². The standard InChI is InChI=1S/C29H26O6/c1-29(2,28(31)32)35-26-17-24(33-3)14-15-25(26)27(30)21-10-12-23(13-11-21)34-18-19-8-9-20-6-4-5-7-22(20)16-19/h4-17H,18H2,1-3H3,(H,31,32). The van der Waals surface area contributed by atoms with Crippen LogP contribution in [-0.2, 0) is 11.4 Å². The van der Waals surface area contributed by atoms with Gasteiger partial charge in [-0.3, -0.25) is 4.79 Å². The van der Waals surface area contributed by atoms with E-state index in [1.165, 1.54) is 32.4 Å². The highest BCUT2D eigenvalue weighted by molar-refractivity contribution is 6.11. The summed E-state index contributed by atoms with van der Waals surface area (Å²) in [5.74, 6) is -0.224. The average molecular weight is 471 g/mol. The van der Waals surface area contributed by atoms with Gasteiger partial charge in [0.15, 0.2) is 11.4 Å². The molecular weight excluding hydrogens is 444 g/mol. The van der Waals surface area contributed by atoms with Crippen LogP contribution in [0.5, 0.6) is 17.2 Å². The highest BCUT2D eigenvalue weighted by atomic mass is 16.5. The first-order valence-electron chi connectivity index (χ1n) is 11.1. The smallest absolute Gasteiger partial charge is 0.347 e. The Hall–Kier alpha value is -4.32. The highest BCUT2D eigenvalue weighted by Gasteiger charge is 2.31. The van der Waals surface area contributed by atoms with Crippen molar-refractivity contribution in [1.29, 1.82) is 0 Å². The number of carbonyl (C=O) groups is 2. The number of carboxylic acids is 1. The zero-order valence-electron chi connectivity index (χ0n) is 19.8. The summed E-state index contributed by atoms with van der Waals surface area (Å²) in [4.78, 5) is 24.8. The molecule has 0 aromatic heterocycles. The topological polar surface area (TPSA) is 82.1 Å². The molecule has 0 bridgehead atoms. The van der Waals surface area contributed by atoms with Gasteiger partial charge in [0.2, 0.25) is 0 Å². The van der Waals surface area contributed by atoms with Gasteiger partial charge in [-0.2, -0.15) is 0 Å². The predicted octanol–water partition coefficient (Wildman–Crippen LogP) is 5.90. The van der Waals surface area contributed by atoms with E-state index in [0.717, 1.165) is 10.9 Å². The molecule has 1 N–H and O–H groups in total. The number of ether oxygens (including phenoxy) is 3. The molecule has 0 fully saturated rings. The Kier molecular flexibility index (Phi) is 6.73. The van der Waals surface area contributed by atoms with Crippen molar-refractivity contribution in [3.05, 3.63) is 102 Å². The largest absolute Gasteiger partial charge is 0.497 e. The second-order valence-corrected chi connectivity index (χ2v) is 8.60. The molecule has 0 aliphatic carbocycles. The molecular formula is C29H26O6. The van der Waals surface area contributed by atoms with Crippen LogP contribution in [-0.4, -0.2) is 29.6 Å². The molecule has 4 rings (SSSR count). The number of hydrogen-bond acceptors (Lipinski definition) is 5. The molecule has 0 heterocycles. The lowest BCUT2D eigenvalue weighted by Crippen LogP contribution is -2.38. The van der Waals surface area contributed by atoms with Gasteiger partial charge in [0, 0.05) is 11.6 Å². The Labute approximate surface area is 203 Å². The number of benzene rings is 4. The van der Waals surface area contributed by atoms with E-state index in [9.17, 15) is 14.7 Å². The Balaban J connectivity index is 1.50. The summed E-state index contributed by atoms with van der Waals surface area (Å²) in [6.45, 7) is 3.24. The second-order valence-electron chi connectivity index (χ2n) is 8.60. The molecule has 6 nitrogen and oxygen atoms in total. The molecule has 0 unspecified atom stereocenters. The van der Waals surface area contributed by atoms with Crippen LogP contribution in [0, 0.1) is 0 Å². The predicted molar refractivity (Wildman–Crippen MR) is 133 cm³/mol. The molecule has 4 aromatic rings. The Bertz CT molecular complexity index is 1370. The van der Waals surface area contributed by atoms with Crippen molar-refractivity contribution in [2.24, 2.45) is 0 Å². The molecule has 178 valence electrons. The molecule has 4 aromatic carbocycles. The molecule has 0 spiro atoms. The number of carboxylic acid groups (broad SMARTS) is 1. The number of rotatable bonds is 9. The lowest BCUT2D eigenvalue weighted by atomic mass is 10.0. The van der Waals surface area contributed by atoms with E-state index in [0.29, 0.717) is 23.7 Å². The van der Waals surface area contributed by atoms with Gasteiger partial charge in [-0.05, 0) is 72.6 Å². The summed E-state index contributed by atoms with van der Waals surface area (Å²) < 4.78 is 16.8. The number of ketones is 1. The number of fused-ring (bicyclic) bond motifs is 1. The molecule has 0 saturated carbocycles. The Morgan fingerprint density at radius 1 is 0.829 bits per heavy atom. The zero-order chi connectivity index (χ0) is 25.0. The van der Waals surface area contributed by atoms with Crippen molar-refractivity contribution in [1.82, 2.24) is 0 Å². The van der Waals surface area contributed by atoms with Crippen LogP contribution < -0.4 is 14.2 Å². The van der Waals surface area contributed by atoms with Crippen LogP contribution in [0.1, 0.15) is 35.3 Å². The molecule has 0 saturated heterocycles. The van der Waals surface area contributed by atoms with E-state index in [1.54, 1.807) is 36.4 Å². The van der Waals surface area contributed by atoms with Gasteiger partial charge in [-0.1, -0.05) is 36.4 Å². The van der Waals surface area contributed by atoms with Gasteiger partial charge in [-0.25, -0.2) is 4.79 Å². The van der Waals surface area contributed by atoms with Crippen molar-refractivity contribution in [3.63, 3.8) is 0 Å². The van der Waals surface area contributed by atoms with Gasteiger partial charge in [-0.15, -0.1) is 0 Å². The van der Waals surface area contributed by atoms with Gasteiger partial charge >= 0.3 is 5.97 Å².